The molecule has 0 saturated heterocycles. The minimum absolute atomic E-state index is 0.902. The lowest BCUT2D eigenvalue weighted by Crippen LogP contribution is -1.97. The molecule has 0 radical (unpaired) electrons. The highest BCUT2D eigenvalue weighted by Gasteiger charge is 2.23. The van der Waals surface area contributed by atoms with Crippen LogP contribution in [0, 0.1) is 0 Å². The first-order chi connectivity index (χ1) is 23.8. The Labute approximate surface area is 275 Å². The predicted octanol–water partition coefficient (Wildman–Crippen LogP) is 12.3. The van der Waals surface area contributed by atoms with E-state index in [1.54, 1.807) is 0 Å². The van der Waals surface area contributed by atoms with Crippen LogP contribution in [-0.2, 0) is 0 Å². The zero-order valence-electron chi connectivity index (χ0n) is 25.8. The van der Waals surface area contributed by atoms with Gasteiger partial charge < -0.3 is 8.98 Å². The van der Waals surface area contributed by atoms with Crippen LogP contribution in [0.2, 0.25) is 0 Å². The van der Waals surface area contributed by atoms with E-state index in [-0.39, 0.29) is 0 Å². The molecular weight excluding hydrogens is 585 g/mol. The number of para-hydroxylation sites is 1. The van der Waals surface area contributed by atoms with Gasteiger partial charge in [-0.2, -0.15) is 0 Å². The summed E-state index contributed by atoms with van der Waals surface area (Å²) in [5.41, 5.74) is 9.72. The van der Waals surface area contributed by atoms with Crippen LogP contribution < -0.4 is 0 Å². The number of hydrogen-bond donors (Lipinski definition) is 0. The number of rotatable bonds is 3. The second-order valence-corrected chi connectivity index (χ2v) is 12.8. The summed E-state index contributed by atoms with van der Waals surface area (Å²) in [6.07, 6.45) is 3.79. The first kappa shape index (κ1) is 25.7. The van der Waals surface area contributed by atoms with Crippen molar-refractivity contribution < 1.29 is 4.42 Å². The Balaban J connectivity index is 1.32. The fourth-order valence-electron chi connectivity index (χ4n) is 8.08. The average Bonchev–Trinajstić information content (AvgIpc) is 3.71. The minimum atomic E-state index is 0.902. The molecule has 0 N–H and O–H groups in total. The molecule has 0 fully saturated rings. The first-order valence-corrected chi connectivity index (χ1v) is 16.4. The fourth-order valence-corrected chi connectivity index (χ4v) is 8.08. The maximum atomic E-state index is 6.76. The smallest absolute Gasteiger partial charge is 0.160 e. The molecule has 0 aliphatic carbocycles. The van der Waals surface area contributed by atoms with Gasteiger partial charge in [0, 0.05) is 45.2 Å². The lowest BCUT2D eigenvalue weighted by atomic mass is 9.91. The van der Waals surface area contributed by atoms with Gasteiger partial charge in [0.15, 0.2) is 5.58 Å². The molecule has 0 amide bonds. The summed E-state index contributed by atoms with van der Waals surface area (Å²) in [5.74, 6) is 0. The van der Waals surface area contributed by atoms with E-state index in [4.69, 9.17) is 4.42 Å². The van der Waals surface area contributed by atoms with Crippen LogP contribution in [0.4, 0.5) is 0 Å². The number of hydrogen-bond acceptors (Lipinski definition) is 2. The van der Waals surface area contributed by atoms with Crippen LogP contribution >= 0.6 is 0 Å². The highest BCUT2D eigenvalue weighted by atomic mass is 16.3. The standard InChI is InChI=1S/C45H26N2O/c1-2-12-34-28(9-1)24-38(36-14-4-3-13-35(34)36)32-21-31(30-11-8-20-46-26-30)22-33(23-32)47-40-16-7-10-27-18-19-29-25-39-37-15-5-6-17-41(37)48-45(39)44(47)43(29)42(27)40/h1-26H. The number of aromatic nitrogens is 2. The summed E-state index contributed by atoms with van der Waals surface area (Å²) in [4.78, 5) is 4.51. The summed E-state index contributed by atoms with van der Waals surface area (Å²) in [7, 11) is 0. The highest BCUT2D eigenvalue weighted by Crippen LogP contribution is 2.46. The molecule has 222 valence electrons. The Hall–Kier alpha value is -6.45. The molecule has 0 bridgehead atoms. The van der Waals surface area contributed by atoms with Crippen molar-refractivity contribution in [1.29, 1.82) is 0 Å². The zero-order chi connectivity index (χ0) is 31.3. The molecule has 3 nitrogen and oxygen atoms in total. The Morgan fingerprint density at radius 1 is 0.479 bits per heavy atom. The van der Waals surface area contributed by atoms with E-state index in [0.29, 0.717) is 0 Å². The van der Waals surface area contributed by atoms with E-state index in [1.807, 2.05) is 24.5 Å². The van der Waals surface area contributed by atoms with Crippen molar-refractivity contribution in [2.24, 2.45) is 0 Å². The second-order valence-electron chi connectivity index (χ2n) is 12.8. The second kappa shape index (κ2) is 9.54. The highest BCUT2D eigenvalue weighted by molar-refractivity contribution is 6.31. The van der Waals surface area contributed by atoms with E-state index in [2.05, 4.69) is 143 Å². The van der Waals surface area contributed by atoms with Gasteiger partial charge in [-0.1, -0.05) is 97.1 Å². The number of furan rings is 1. The largest absolute Gasteiger partial charge is 0.454 e. The summed E-state index contributed by atoms with van der Waals surface area (Å²) >= 11 is 0. The van der Waals surface area contributed by atoms with Crippen molar-refractivity contribution in [2.45, 2.75) is 0 Å². The lowest BCUT2D eigenvalue weighted by molar-refractivity contribution is 0.671. The predicted molar refractivity (Wildman–Crippen MR) is 200 cm³/mol. The van der Waals surface area contributed by atoms with Gasteiger partial charge in [-0.15, -0.1) is 0 Å². The topological polar surface area (TPSA) is 31.0 Å². The molecule has 11 aromatic rings. The van der Waals surface area contributed by atoms with Crippen LogP contribution in [0.3, 0.4) is 0 Å². The lowest BCUT2D eigenvalue weighted by Gasteiger charge is -2.16. The van der Waals surface area contributed by atoms with Crippen molar-refractivity contribution in [2.75, 3.05) is 0 Å². The van der Waals surface area contributed by atoms with Gasteiger partial charge in [0.05, 0.1) is 11.0 Å². The zero-order valence-corrected chi connectivity index (χ0v) is 25.8. The molecule has 0 unspecified atom stereocenters. The SMILES string of the molecule is c1cncc(-c2cc(-c3cc4ccccc4c4ccccc34)cc(-n3c4cccc5ccc6cc7c8ccccc8oc7c3c6c54)c2)c1. The van der Waals surface area contributed by atoms with Crippen molar-refractivity contribution in [1.82, 2.24) is 9.55 Å². The molecule has 0 spiro atoms. The minimum Gasteiger partial charge on any atom is -0.454 e. The van der Waals surface area contributed by atoms with Crippen molar-refractivity contribution in [3.05, 3.63) is 158 Å². The Morgan fingerprint density at radius 2 is 1.25 bits per heavy atom. The maximum absolute atomic E-state index is 6.76. The maximum Gasteiger partial charge on any atom is 0.160 e. The first-order valence-electron chi connectivity index (χ1n) is 16.4. The Bertz CT molecular complexity index is 3060. The molecule has 0 atom stereocenters. The molecule has 3 heteroatoms. The quantitative estimate of drug-likeness (QED) is 0.186. The number of pyridine rings is 1. The van der Waals surface area contributed by atoms with Crippen molar-refractivity contribution in [3.63, 3.8) is 0 Å². The summed E-state index contributed by atoms with van der Waals surface area (Å²) < 4.78 is 9.19. The summed E-state index contributed by atoms with van der Waals surface area (Å²) in [6.45, 7) is 0. The van der Waals surface area contributed by atoms with Gasteiger partial charge in [-0.05, 0) is 97.5 Å². The fraction of sp³-hybridized carbons (Fsp3) is 0. The Morgan fingerprint density at radius 3 is 2.15 bits per heavy atom. The van der Waals surface area contributed by atoms with E-state index in [0.717, 1.165) is 49.8 Å². The van der Waals surface area contributed by atoms with Gasteiger partial charge in [0.25, 0.3) is 0 Å². The molecule has 8 aromatic carbocycles. The van der Waals surface area contributed by atoms with Crippen LogP contribution in [0.25, 0.3) is 104 Å². The number of fused-ring (bicyclic) bond motifs is 7. The number of benzene rings is 8. The molecule has 11 rings (SSSR count). The van der Waals surface area contributed by atoms with Crippen LogP contribution in [0.5, 0.6) is 0 Å². The van der Waals surface area contributed by atoms with E-state index in [9.17, 15) is 0 Å². The molecule has 0 aliphatic heterocycles. The van der Waals surface area contributed by atoms with Crippen LogP contribution in [0.1, 0.15) is 0 Å². The monoisotopic (exact) mass is 610 g/mol. The van der Waals surface area contributed by atoms with Gasteiger partial charge in [0.2, 0.25) is 0 Å². The molecule has 0 aliphatic rings. The van der Waals surface area contributed by atoms with Gasteiger partial charge in [0.1, 0.15) is 5.58 Å². The van der Waals surface area contributed by atoms with Gasteiger partial charge >= 0.3 is 0 Å². The van der Waals surface area contributed by atoms with E-state index < -0.39 is 0 Å². The van der Waals surface area contributed by atoms with Gasteiger partial charge in [-0.3, -0.25) is 4.98 Å². The van der Waals surface area contributed by atoms with Gasteiger partial charge in [-0.25, -0.2) is 0 Å². The molecule has 48 heavy (non-hydrogen) atoms. The summed E-state index contributed by atoms with van der Waals surface area (Å²) in [6, 6.07) is 52.8. The van der Waals surface area contributed by atoms with E-state index >= 15 is 0 Å². The molecular formula is C45H26N2O. The third-order valence-electron chi connectivity index (χ3n) is 10.2. The van der Waals surface area contributed by atoms with Crippen LogP contribution in [0.15, 0.2) is 162 Å². The third kappa shape index (κ3) is 3.50. The van der Waals surface area contributed by atoms with Crippen molar-refractivity contribution >= 4 is 76.1 Å². The third-order valence-corrected chi connectivity index (χ3v) is 10.2. The summed E-state index contributed by atoms with van der Waals surface area (Å²) in [5, 5.41) is 12.2. The number of nitrogens with zero attached hydrogens (tertiary/aromatic N) is 2. The normalized spacial score (nSPS) is 12.2. The van der Waals surface area contributed by atoms with E-state index in [1.165, 1.54) is 54.2 Å². The van der Waals surface area contributed by atoms with Crippen LogP contribution in [-0.4, -0.2) is 9.55 Å². The molecule has 0 saturated carbocycles. The van der Waals surface area contributed by atoms with Crippen molar-refractivity contribution in [3.8, 4) is 27.9 Å². The molecule has 3 aromatic heterocycles. The average molecular weight is 611 g/mol. The molecule has 3 heterocycles. The Kier molecular flexibility index (Phi) is 5.11.